The number of hydrogen-bond donors (Lipinski definition) is 1. The van der Waals surface area contributed by atoms with Gasteiger partial charge in [0, 0.05) is 5.56 Å². The van der Waals surface area contributed by atoms with E-state index < -0.39 is 50.7 Å². The quantitative estimate of drug-likeness (QED) is 0.734. The lowest BCUT2D eigenvalue weighted by atomic mass is 10.1. The van der Waals surface area contributed by atoms with Gasteiger partial charge in [-0.2, -0.15) is 18.0 Å². The molecule has 0 amide bonds. The molecule has 1 unspecified atom stereocenters. The summed E-state index contributed by atoms with van der Waals surface area (Å²) < 4.78 is 79.2. The van der Waals surface area contributed by atoms with Crippen molar-refractivity contribution in [3.05, 3.63) is 83.2 Å². The SMILES string of the molecule is O=C=O.[2H]c1ccc(C2([2H])OC(N)=C(OS(=O)(=O)C([2H])([2H])c3ccc(F)cc3)C2=O)cc1. The predicted octanol–water partition coefficient (Wildman–Crippen LogP) is 1.56. The van der Waals surface area contributed by atoms with Crippen molar-refractivity contribution >= 4 is 22.1 Å². The molecule has 28 heavy (non-hydrogen) atoms. The van der Waals surface area contributed by atoms with Crippen molar-refractivity contribution in [1.82, 2.24) is 0 Å². The Bertz CT molecular complexity index is 1190. The van der Waals surface area contributed by atoms with Crippen LogP contribution in [0.15, 0.2) is 66.2 Å². The molecule has 0 bridgehead atoms. The van der Waals surface area contributed by atoms with Gasteiger partial charge in [-0.1, -0.05) is 42.4 Å². The zero-order valence-corrected chi connectivity index (χ0v) is 14.7. The fraction of sp³-hybridized carbons (Fsp3) is 0.111. The van der Waals surface area contributed by atoms with Gasteiger partial charge in [-0.15, -0.1) is 0 Å². The van der Waals surface area contributed by atoms with Crippen LogP contribution >= 0.6 is 0 Å². The molecule has 0 fully saturated rings. The molecule has 1 aliphatic heterocycles. The van der Waals surface area contributed by atoms with Crippen LogP contribution in [0, 0.1) is 5.82 Å². The average Bonchev–Trinajstić information content (AvgIpc) is 2.93. The Morgan fingerprint density at radius 1 is 1.25 bits per heavy atom. The third-order valence-corrected chi connectivity index (χ3v) is 3.98. The highest BCUT2D eigenvalue weighted by atomic mass is 32.2. The second-order valence-corrected chi connectivity index (χ2v) is 6.25. The molecular formula is C18H14FNO7S. The first-order valence-corrected chi connectivity index (χ1v) is 8.71. The highest BCUT2D eigenvalue weighted by Gasteiger charge is 2.39. The van der Waals surface area contributed by atoms with Gasteiger partial charge < -0.3 is 14.7 Å². The Balaban J connectivity index is 0.00000114. The fourth-order valence-corrected chi connectivity index (χ4v) is 2.86. The minimum atomic E-state index is -5.16. The van der Waals surface area contributed by atoms with Crippen LogP contribution in [0.3, 0.4) is 0 Å². The van der Waals surface area contributed by atoms with Gasteiger partial charge in [0.25, 0.3) is 0 Å². The normalized spacial score (nSPS) is 21.1. The first kappa shape index (κ1) is 15.6. The van der Waals surface area contributed by atoms with E-state index in [9.17, 15) is 17.6 Å². The summed E-state index contributed by atoms with van der Waals surface area (Å²) in [6.45, 7) is 0. The van der Waals surface area contributed by atoms with Gasteiger partial charge in [-0.05, 0) is 17.7 Å². The number of ether oxygens (including phenoxy) is 1. The lowest BCUT2D eigenvalue weighted by Crippen LogP contribution is -2.16. The van der Waals surface area contributed by atoms with Gasteiger partial charge in [0.1, 0.15) is 11.5 Å². The van der Waals surface area contributed by atoms with E-state index in [1.54, 1.807) is 0 Å². The summed E-state index contributed by atoms with van der Waals surface area (Å²) in [5.41, 5.74) is 1.91. The van der Waals surface area contributed by atoms with Gasteiger partial charge in [0.05, 0.1) is 5.48 Å². The molecule has 8 nitrogen and oxygen atoms in total. The van der Waals surface area contributed by atoms with Crippen LogP contribution in [0.5, 0.6) is 0 Å². The summed E-state index contributed by atoms with van der Waals surface area (Å²) in [4.78, 5) is 28.9. The molecule has 10 heteroatoms. The van der Waals surface area contributed by atoms with E-state index in [2.05, 4.69) is 4.18 Å². The zero-order chi connectivity index (χ0) is 24.3. The third kappa shape index (κ3) is 5.26. The third-order valence-electron chi connectivity index (χ3n) is 3.11. The van der Waals surface area contributed by atoms with E-state index in [4.69, 9.17) is 25.5 Å². The molecule has 0 radical (unpaired) electrons. The smallest absolute Gasteiger partial charge is 0.373 e. The lowest BCUT2D eigenvalue weighted by Gasteiger charge is -2.09. The van der Waals surface area contributed by atoms with Gasteiger partial charge in [-0.25, -0.2) is 4.39 Å². The molecule has 0 spiro atoms. The molecule has 3 rings (SSSR count). The van der Waals surface area contributed by atoms with Crippen LogP contribution in [0.4, 0.5) is 4.39 Å². The van der Waals surface area contributed by atoms with Crippen LogP contribution in [-0.4, -0.2) is 20.4 Å². The first-order chi connectivity index (χ1) is 14.8. The number of Topliss-reactive ketones (excluding diaryl/α,β-unsaturated/α-hetero) is 1. The second-order valence-electron chi connectivity index (χ2n) is 4.97. The molecule has 0 saturated heterocycles. The van der Waals surface area contributed by atoms with Gasteiger partial charge in [0.15, 0.2) is 6.08 Å². The number of rotatable bonds is 5. The number of nitrogens with two attached hydrogens (primary N) is 1. The average molecular weight is 411 g/mol. The minimum absolute atomic E-state index is 0.0287. The summed E-state index contributed by atoms with van der Waals surface area (Å²) in [6.07, 6.45) is -2.20. The molecule has 1 heterocycles. The monoisotopic (exact) mass is 411 g/mol. The van der Waals surface area contributed by atoms with Crippen molar-refractivity contribution in [2.45, 2.75) is 11.8 Å². The maximum absolute atomic E-state index is 13.1. The number of carbonyl (C=O) groups excluding carboxylic acids is 3. The summed E-state index contributed by atoms with van der Waals surface area (Å²) in [7, 11) is -5.16. The molecule has 1 atom stereocenters. The van der Waals surface area contributed by atoms with Crippen molar-refractivity contribution in [2.24, 2.45) is 5.73 Å². The largest absolute Gasteiger partial charge is 0.460 e. The summed E-state index contributed by atoms with van der Waals surface area (Å²) in [5, 5.41) is 0. The van der Waals surface area contributed by atoms with E-state index >= 15 is 0 Å². The highest BCUT2D eigenvalue weighted by Crippen LogP contribution is 2.32. The number of benzene rings is 2. The molecule has 0 saturated carbocycles. The van der Waals surface area contributed by atoms with Gasteiger partial charge in [-0.3, -0.25) is 4.79 Å². The Morgan fingerprint density at radius 3 is 2.39 bits per heavy atom. The number of halogens is 1. The molecule has 2 N–H and O–H groups in total. The minimum Gasteiger partial charge on any atom is -0.460 e. The maximum Gasteiger partial charge on any atom is 0.373 e. The number of ketones is 1. The van der Waals surface area contributed by atoms with Gasteiger partial charge in [0.2, 0.25) is 17.4 Å². The molecule has 1 aliphatic rings. The summed E-state index contributed by atoms with van der Waals surface area (Å²) in [5.74, 6) is -3.81. The highest BCUT2D eigenvalue weighted by molar-refractivity contribution is 7.86. The van der Waals surface area contributed by atoms with Crippen LogP contribution in [0.2, 0.25) is 0 Å². The maximum atomic E-state index is 13.1. The molecule has 146 valence electrons. The second kappa shape index (κ2) is 8.94. The number of carbonyl (C=O) groups is 1. The molecule has 0 aliphatic carbocycles. The van der Waals surface area contributed by atoms with Gasteiger partial charge >= 0.3 is 16.3 Å². The van der Waals surface area contributed by atoms with E-state index in [0.29, 0.717) is 0 Å². The zero-order valence-electron chi connectivity index (χ0n) is 17.8. The van der Waals surface area contributed by atoms with Crippen molar-refractivity contribution in [2.75, 3.05) is 0 Å². The van der Waals surface area contributed by atoms with E-state index in [1.165, 1.54) is 24.3 Å². The fourth-order valence-electron chi connectivity index (χ4n) is 2.02. The standard InChI is InChI=1S/C17H14FNO5S.CO2/c18-13-8-6-11(7-9-13)10-25(21,22)24-16-14(20)15(23-17(16)19)12-4-2-1-3-5-12;2-1-3/h1-9,15H,10,19H2;/i1D,10D2,15D;. The van der Waals surface area contributed by atoms with Crippen molar-refractivity contribution in [3.8, 4) is 0 Å². The predicted molar refractivity (Wildman–Crippen MR) is 91.6 cm³/mol. The molecule has 0 aromatic heterocycles. The topological polar surface area (TPSA) is 130 Å². The van der Waals surface area contributed by atoms with E-state index in [1.807, 2.05) is 0 Å². The summed E-state index contributed by atoms with van der Waals surface area (Å²) >= 11 is 0. The first-order valence-electron chi connectivity index (χ1n) is 9.30. The molecule has 2 aromatic carbocycles. The molecular weight excluding hydrogens is 393 g/mol. The Kier molecular flexibility index (Phi) is 4.97. The van der Waals surface area contributed by atoms with E-state index in [-0.39, 0.29) is 17.8 Å². The Labute approximate surface area is 165 Å². The van der Waals surface area contributed by atoms with E-state index in [0.717, 1.165) is 24.3 Å². The Hall–Kier alpha value is -3.49. The van der Waals surface area contributed by atoms with Crippen molar-refractivity contribution < 1.29 is 41.6 Å². The van der Waals surface area contributed by atoms with Crippen LogP contribution < -0.4 is 5.73 Å². The van der Waals surface area contributed by atoms with Crippen LogP contribution in [0.25, 0.3) is 0 Å². The lowest BCUT2D eigenvalue weighted by molar-refractivity contribution is -0.191. The van der Waals surface area contributed by atoms with Crippen molar-refractivity contribution in [3.63, 3.8) is 0 Å². The Morgan fingerprint density at radius 2 is 1.82 bits per heavy atom. The number of hydrogen-bond acceptors (Lipinski definition) is 8. The van der Waals surface area contributed by atoms with Crippen LogP contribution in [0.1, 0.15) is 22.7 Å². The summed E-state index contributed by atoms with van der Waals surface area (Å²) in [6, 6.07) is 8.77. The van der Waals surface area contributed by atoms with Crippen molar-refractivity contribution in [1.29, 1.82) is 0 Å². The molecule has 2 aromatic rings. The van der Waals surface area contributed by atoms with Crippen LogP contribution in [-0.2, 0) is 39.1 Å².